The van der Waals surface area contributed by atoms with E-state index in [1.807, 2.05) is 12.1 Å². The van der Waals surface area contributed by atoms with E-state index in [-0.39, 0.29) is 6.10 Å². The molecular weight excluding hydrogens is 440 g/mol. The Labute approximate surface area is 200 Å². The molecule has 3 fully saturated rings. The van der Waals surface area contributed by atoms with Crippen LogP contribution in [0.25, 0.3) is 0 Å². The van der Waals surface area contributed by atoms with Crippen molar-refractivity contribution in [2.75, 3.05) is 44.5 Å². The summed E-state index contributed by atoms with van der Waals surface area (Å²) in [5.74, 6) is 3.14. The van der Waals surface area contributed by atoms with Gasteiger partial charge in [0.05, 0.1) is 12.1 Å². The van der Waals surface area contributed by atoms with Crippen molar-refractivity contribution >= 4 is 29.2 Å². The Hall–Kier alpha value is -2.32. The maximum atomic E-state index is 6.36. The molecule has 3 aliphatic rings. The molecule has 9 heteroatoms. The molecule has 1 aliphatic heterocycles. The molecule has 1 aromatic heterocycles. The van der Waals surface area contributed by atoms with Crippen LogP contribution in [0.3, 0.4) is 0 Å². The molecule has 3 unspecified atom stereocenters. The van der Waals surface area contributed by atoms with E-state index in [0.29, 0.717) is 40.6 Å². The number of hydrogen-bond acceptors (Lipinski definition) is 8. The monoisotopic (exact) mass is 472 g/mol. The van der Waals surface area contributed by atoms with Crippen LogP contribution in [-0.2, 0) is 0 Å². The van der Waals surface area contributed by atoms with Crippen molar-refractivity contribution in [1.82, 2.24) is 19.9 Å². The summed E-state index contributed by atoms with van der Waals surface area (Å²) in [5, 5.41) is 3.81. The topological polar surface area (TPSA) is 75.6 Å². The highest BCUT2D eigenvalue weighted by Gasteiger charge is 2.41. The number of anilines is 3. The minimum Gasteiger partial charge on any atom is -0.495 e. The summed E-state index contributed by atoms with van der Waals surface area (Å²) < 4.78 is 11.6. The van der Waals surface area contributed by atoms with Crippen LogP contribution in [0.4, 0.5) is 17.6 Å². The zero-order chi connectivity index (χ0) is 22.9. The molecule has 2 bridgehead atoms. The summed E-state index contributed by atoms with van der Waals surface area (Å²) in [7, 11) is 5.84. The Kier molecular flexibility index (Phi) is 6.47. The summed E-state index contributed by atoms with van der Waals surface area (Å²) in [4.78, 5) is 18.6. The van der Waals surface area contributed by atoms with E-state index in [2.05, 4.69) is 34.2 Å². The van der Waals surface area contributed by atoms with E-state index in [1.165, 1.54) is 19.3 Å². The lowest BCUT2D eigenvalue weighted by atomic mass is 9.98. The third-order valence-corrected chi connectivity index (χ3v) is 7.79. The van der Waals surface area contributed by atoms with Gasteiger partial charge >= 0.3 is 6.01 Å². The molecule has 5 rings (SSSR count). The van der Waals surface area contributed by atoms with Crippen LogP contribution >= 0.6 is 11.6 Å². The van der Waals surface area contributed by atoms with Gasteiger partial charge in [-0.05, 0) is 88.7 Å². The lowest BCUT2D eigenvalue weighted by Crippen LogP contribution is -2.42. The van der Waals surface area contributed by atoms with Crippen molar-refractivity contribution in [3.8, 4) is 11.8 Å². The van der Waals surface area contributed by atoms with Gasteiger partial charge < -0.3 is 24.6 Å². The molecule has 1 N–H and O–H groups in total. The van der Waals surface area contributed by atoms with Gasteiger partial charge in [0, 0.05) is 18.8 Å². The first kappa shape index (κ1) is 22.5. The highest BCUT2D eigenvalue weighted by molar-refractivity contribution is 6.32. The van der Waals surface area contributed by atoms with Crippen LogP contribution < -0.4 is 19.7 Å². The normalized spacial score (nSPS) is 25.3. The van der Waals surface area contributed by atoms with E-state index in [0.717, 1.165) is 44.0 Å². The van der Waals surface area contributed by atoms with Gasteiger partial charge in [0.15, 0.2) is 0 Å². The van der Waals surface area contributed by atoms with Crippen molar-refractivity contribution in [3.05, 3.63) is 23.2 Å². The molecule has 33 heavy (non-hydrogen) atoms. The van der Waals surface area contributed by atoms with E-state index in [4.69, 9.17) is 31.0 Å². The lowest BCUT2D eigenvalue weighted by Gasteiger charge is -2.35. The molecule has 2 heterocycles. The minimum absolute atomic E-state index is 0.205. The molecule has 0 spiro atoms. The maximum Gasteiger partial charge on any atom is 0.323 e. The highest BCUT2D eigenvalue weighted by atomic mass is 35.5. The van der Waals surface area contributed by atoms with Gasteiger partial charge in [-0.3, -0.25) is 0 Å². The van der Waals surface area contributed by atoms with Crippen molar-refractivity contribution in [2.45, 2.75) is 50.7 Å². The third kappa shape index (κ3) is 4.96. The highest BCUT2D eigenvalue weighted by Crippen LogP contribution is 2.45. The first-order valence-corrected chi connectivity index (χ1v) is 12.3. The molecule has 3 atom stereocenters. The van der Waals surface area contributed by atoms with Crippen molar-refractivity contribution in [3.63, 3.8) is 0 Å². The number of halogens is 1. The average Bonchev–Trinajstić information content (AvgIpc) is 3.42. The molecule has 2 saturated carbocycles. The van der Waals surface area contributed by atoms with Gasteiger partial charge in [-0.1, -0.05) is 11.6 Å². The minimum atomic E-state index is 0.205. The first-order valence-electron chi connectivity index (χ1n) is 11.9. The van der Waals surface area contributed by atoms with Crippen molar-refractivity contribution in [2.24, 2.45) is 11.8 Å². The Morgan fingerprint density at radius 2 is 1.91 bits per heavy atom. The van der Waals surface area contributed by atoms with E-state index < -0.39 is 0 Å². The molecule has 178 valence electrons. The number of ether oxygens (including phenoxy) is 2. The summed E-state index contributed by atoms with van der Waals surface area (Å²) in [6.07, 6.45) is 7.32. The van der Waals surface area contributed by atoms with Gasteiger partial charge in [0.25, 0.3) is 0 Å². The second-order valence-corrected chi connectivity index (χ2v) is 10.1. The number of aromatic nitrogens is 3. The van der Waals surface area contributed by atoms with Gasteiger partial charge in [0.1, 0.15) is 11.9 Å². The van der Waals surface area contributed by atoms with E-state index in [9.17, 15) is 0 Å². The number of rotatable bonds is 7. The Balaban J connectivity index is 1.40. The summed E-state index contributed by atoms with van der Waals surface area (Å²) in [6.45, 7) is 2.15. The summed E-state index contributed by atoms with van der Waals surface area (Å²) in [5.41, 5.74) is 0.783. The molecular formula is C24H33ClN6O2. The Bertz CT molecular complexity index is 983. The number of likely N-dealkylation sites (tertiary alicyclic amines) is 1. The quantitative estimate of drug-likeness (QED) is 0.636. The largest absolute Gasteiger partial charge is 0.495 e. The molecule has 2 aromatic rings. The first-order chi connectivity index (χ1) is 16.0. The second kappa shape index (κ2) is 9.50. The van der Waals surface area contributed by atoms with Gasteiger partial charge in [-0.25, -0.2) is 0 Å². The fourth-order valence-corrected chi connectivity index (χ4v) is 5.75. The molecule has 1 saturated heterocycles. The Morgan fingerprint density at radius 3 is 2.58 bits per heavy atom. The smallest absolute Gasteiger partial charge is 0.323 e. The fourth-order valence-electron chi connectivity index (χ4n) is 5.50. The number of nitrogens with one attached hydrogen (secondary N) is 1. The molecule has 1 aromatic carbocycles. The number of hydrogen-bond donors (Lipinski definition) is 1. The molecule has 0 radical (unpaired) electrons. The SMILES string of the molecule is COc1ccc(Nc2nc(OC3CC4CCC3C4)nc(N(C)C3CCN(C)CC3)n2)cc1Cl. The predicted octanol–water partition coefficient (Wildman–Crippen LogP) is 4.38. The van der Waals surface area contributed by atoms with Crippen LogP contribution in [0, 0.1) is 11.8 Å². The lowest BCUT2D eigenvalue weighted by molar-refractivity contribution is 0.126. The van der Waals surface area contributed by atoms with Gasteiger partial charge in [0.2, 0.25) is 11.9 Å². The molecule has 2 aliphatic carbocycles. The van der Waals surface area contributed by atoms with Crippen LogP contribution in [0.5, 0.6) is 11.8 Å². The van der Waals surface area contributed by atoms with Crippen LogP contribution in [0.15, 0.2) is 18.2 Å². The van der Waals surface area contributed by atoms with Gasteiger partial charge in [-0.15, -0.1) is 0 Å². The Morgan fingerprint density at radius 1 is 1.09 bits per heavy atom. The molecule has 8 nitrogen and oxygen atoms in total. The maximum absolute atomic E-state index is 6.36. The number of fused-ring (bicyclic) bond motifs is 2. The van der Waals surface area contributed by atoms with Crippen LogP contribution in [0.2, 0.25) is 5.02 Å². The van der Waals surface area contributed by atoms with Crippen LogP contribution in [-0.4, -0.2) is 66.3 Å². The molecule has 0 amide bonds. The number of nitrogens with zero attached hydrogens (tertiary/aromatic N) is 5. The average molecular weight is 473 g/mol. The summed E-state index contributed by atoms with van der Waals surface area (Å²) >= 11 is 6.32. The third-order valence-electron chi connectivity index (χ3n) is 7.49. The van der Waals surface area contributed by atoms with E-state index in [1.54, 1.807) is 13.2 Å². The van der Waals surface area contributed by atoms with E-state index >= 15 is 0 Å². The van der Waals surface area contributed by atoms with Crippen LogP contribution in [0.1, 0.15) is 38.5 Å². The zero-order valence-electron chi connectivity index (χ0n) is 19.6. The second-order valence-electron chi connectivity index (χ2n) is 9.69. The van der Waals surface area contributed by atoms with Gasteiger partial charge in [-0.2, -0.15) is 15.0 Å². The predicted molar refractivity (Wildman–Crippen MR) is 130 cm³/mol. The fraction of sp³-hybridized carbons (Fsp3) is 0.625. The standard InChI is InChI=1S/C24H33ClN6O2/c1-30-10-8-18(9-11-30)31(2)23-27-22(26-17-6-7-20(32-3)19(25)14-17)28-24(29-23)33-21-13-15-4-5-16(21)12-15/h6-7,14-16,18,21H,4-5,8-13H2,1-3H3,(H,26,27,28,29). The number of methoxy groups -OCH3 is 1. The van der Waals surface area contributed by atoms with Crippen molar-refractivity contribution in [1.29, 1.82) is 0 Å². The van der Waals surface area contributed by atoms with Crippen molar-refractivity contribution < 1.29 is 9.47 Å². The number of benzene rings is 1. The zero-order valence-corrected chi connectivity index (χ0v) is 20.4. The summed E-state index contributed by atoms with van der Waals surface area (Å²) in [6, 6.07) is 6.32. The number of piperidine rings is 1.